The molecular weight excluding hydrogens is 264 g/mol. The fourth-order valence-electron chi connectivity index (χ4n) is 3.88. The van der Waals surface area contributed by atoms with Crippen LogP contribution in [0, 0.1) is 11.8 Å². The minimum Gasteiger partial charge on any atom is -0.496 e. The molecule has 4 atom stereocenters. The minimum absolute atomic E-state index is 0.0188. The van der Waals surface area contributed by atoms with E-state index in [2.05, 4.69) is 10.6 Å². The van der Waals surface area contributed by atoms with E-state index >= 15 is 0 Å². The lowest BCUT2D eigenvalue weighted by Gasteiger charge is -2.22. The number of carbonyl (C=O) groups is 1. The van der Waals surface area contributed by atoms with Crippen LogP contribution in [-0.4, -0.2) is 25.6 Å². The Kier molecular flexibility index (Phi) is 4.15. The van der Waals surface area contributed by atoms with Crippen LogP contribution in [0.3, 0.4) is 0 Å². The molecule has 1 aliphatic carbocycles. The molecule has 21 heavy (non-hydrogen) atoms. The van der Waals surface area contributed by atoms with Crippen LogP contribution in [0.4, 0.5) is 0 Å². The highest BCUT2D eigenvalue weighted by Crippen LogP contribution is 2.38. The van der Waals surface area contributed by atoms with Crippen molar-refractivity contribution in [3.05, 3.63) is 29.8 Å². The normalized spacial score (nSPS) is 29.0. The van der Waals surface area contributed by atoms with Crippen LogP contribution in [0.15, 0.2) is 24.3 Å². The summed E-state index contributed by atoms with van der Waals surface area (Å²) in [7, 11) is 1.66. The fraction of sp³-hybridized carbons (Fsp3) is 0.588. The van der Waals surface area contributed by atoms with Gasteiger partial charge >= 0.3 is 0 Å². The second kappa shape index (κ2) is 6.06. The van der Waals surface area contributed by atoms with Crippen molar-refractivity contribution in [3.8, 4) is 5.75 Å². The second-order valence-electron chi connectivity index (χ2n) is 6.21. The van der Waals surface area contributed by atoms with E-state index < -0.39 is 0 Å². The average Bonchev–Trinajstić information content (AvgIpc) is 3.09. The first-order valence-corrected chi connectivity index (χ1v) is 7.87. The van der Waals surface area contributed by atoms with Gasteiger partial charge in [0.2, 0.25) is 5.91 Å². The monoisotopic (exact) mass is 288 g/mol. The maximum absolute atomic E-state index is 12.6. The van der Waals surface area contributed by atoms with Gasteiger partial charge in [0.05, 0.1) is 19.2 Å². The number of benzene rings is 1. The zero-order valence-corrected chi connectivity index (χ0v) is 12.8. The summed E-state index contributed by atoms with van der Waals surface area (Å²) in [6.45, 7) is 3.00. The zero-order chi connectivity index (χ0) is 14.8. The zero-order valence-electron chi connectivity index (χ0n) is 12.8. The van der Waals surface area contributed by atoms with E-state index in [1.807, 2.05) is 31.2 Å². The Balaban J connectivity index is 1.67. The third-order valence-electron chi connectivity index (χ3n) is 4.99. The van der Waals surface area contributed by atoms with E-state index in [4.69, 9.17) is 4.74 Å². The molecule has 2 fully saturated rings. The second-order valence-corrected chi connectivity index (χ2v) is 6.21. The standard InChI is InChI=1S/C17H24N2O2/c1-11(13-7-3-4-9-15(13)21-2)19-17(20)16-14-8-5-6-12(14)10-18-16/h3-4,7,9,11-12,14,16,18H,5-6,8,10H2,1-2H3,(H,19,20)/t11-,12?,14?,16?/m1/s1. The molecule has 0 aromatic heterocycles. The van der Waals surface area contributed by atoms with Crippen molar-refractivity contribution in [1.29, 1.82) is 0 Å². The van der Waals surface area contributed by atoms with E-state index in [1.165, 1.54) is 19.3 Å². The van der Waals surface area contributed by atoms with Crippen LogP contribution >= 0.6 is 0 Å². The van der Waals surface area contributed by atoms with Gasteiger partial charge in [-0.15, -0.1) is 0 Å². The molecule has 3 rings (SSSR count). The van der Waals surface area contributed by atoms with Crippen molar-refractivity contribution in [2.75, 3.05) is 13.7 Å². The van der Waals surface area contributed by atoms with E-state index in [9.17, 15) is 4.79 Å². The third-order valence-corrected chi connectivity index (χ3v) is 4.99. The Morgan fingerprint density at radius 3 is 3.00 bits per heavy atom. The average molecular weight is 288 g/mol. The molecular formula is C17H24N2O2. The lowest BCUT2D eigenvalue weighted by Crippen LogP contribution is -2.44. The molecule has 1 aromatic rings. The molecule has 0 spiro atoms. The molecule has 1 aliphatic heterocycles. The van der Waals surface area contributed by atoms with E-state index in [-0.39, 0.29) is 18.0 Å². The number of methoxy groups -OCH3 is 1. The SMILES string of the molecule is COc1ccccc1[C@@H](C)NC(=O)C1NCC2CCCC21. The quantitative estimate of drug-likeness (QED) is 0.893. The highest BCUT2D eigenvalue weighted by molar-refractivity contribution is 5.83. The molecule has 1 amide bonds. The van der Waals surface area contributed by atoms with Gasteiger partial charge in [0.1, 0.15) is 5.75 Å². The summed E-state index contributed by atoms with van der Waals surface area (Å²) in [5.41, 5.74) is 1.02. The van der Waals surface area contributed by atoms with E-state index in [1.54, 1.807) is 7.11 Å². The molecule has 1 saturated carbocycles. The molecule has 0 bridgehead atoms. The summed E-state index contributed by atoms with van der Waals surface area (Å²) in [4.78, 5) is 12.6. The van der Waals surface area contributed by atoms with Gasteiger partial charge in [-0.05, 0) is 44.2 Å². The summed E-state index contributed by atoms with van der Waals surface area (Å²) >= 11 is 0. The van der Waals surface area contributed by atoms with Crippen molar-refractivity contribution >= 4 is 5.91 Å². The largest absolute Gasteiger partial charge is 0.496 e. The molecule has 1 heterocycles. The maximum Gasteiger partial charge on any atom is 0.237 e. The number of para-hydroxylation sites is 1. The van der Waals surface area contributed by atoms with Gasteiger partial charge in [-0.3, -0.25) is 4.79 Å². The van der Waals surface area contributed by atoms with Crippen LogP contribution in [0.25, 0.3) is 0 Å². The minimum atomic E-state index is -0.0455. The number of hydrogen-bond acceptors (Lipinski definition) is 3. The molecule has 2 N–H and O–H groups in total. The van der Waals surface area contributed by atoms with Crippen LogP contribution in [0.1, 0.15) is 37.8 Å². The molecule has 114 valence electrons. The Hall–Kier alpha value is -1.55. The number of amides is 1. The van der Waals surface area contributed by atoms with E-state index in [0.717, 1.165) is 17.9 Å². The molecule has 1 aromatic carbocycles. The number of rotatable bonds is 4. The van der Waals surface area contributed by atoms with Crippen molar-refractivity contribution in [2.24, 2.45) is 11.8 Å². The summed E-state index contributed by atoms with van der Waals surface area (Å²) in [5.74, 6) is 2.17. The predicted molar refractivity (Wildman–Crippen MR) is 82.2 cm³/mol. The van der Waals surface area contributed by atoms with Crippen LogP contribution in [0.5, 0.6) is 5.75 Å². The first kappa shape index (κ1) is 14.4. The molecule has 0 radical (unpaired) electrons. The number of carbonyl (C=O) groups excluding carboxylic acids is 1. The van der Waals surface area contributed by atoms with Gasteiger partial charge in [-0.1, -0.05) is 24.6 Å². The number of ether oxygens (including phenoxy) is 1. The molecule has 2 aliphatic rings. The van der Waals surface area contributed by atoms with Crippen LogP contribution in [-0.2, 0) is 4.79 Å². The van der Waals surface area contributed by atoms with Crippen molar-refractivity contribution < 1.29 is 9.53 Å². The topological polar surface area (TPSA) is 50.4 Å². The van der Waals surface area contributed by atoms with Gasteiger partial charge in [-0.25, -0.2) is 0 Å². The van der Waals surface area contributed by atoms with Crippen LogP contribution in [0.2, 0.25) is 0 Å². The van der Waals surface area contributed by atoms with E-state index in [0.29, 0.717) is 11.8 Å². The smallest absolute Gasteiger partial charge is 0.237 e. The molecule has 4 nitrogen and oxygen atoms in total. The van der Waals surface area contributed by atoms with Crippen molar-refractivity contribution in [2.45, 2.75) is 38.3 Å². The highest BCUT2D eigenvalue weighted by Gasteiger charge is 2.42. The Morgan fingerprint density at radius 2 is 2.19 bits per heavy atom. The van der Waals surface area contributed by atoms with Crippen LogP contribution < -0.4 is 15.4 Å². The fourth-order valence-corrected chi connectivity index (χ4v) is 3.88. The van der Waals surface area contributed by atoms with Gasteiger partial charge in [0.15, 0.2) is 0 Å². The lowest BCUT2D eigenvalue weighted by molar-refractivity contribution is -0.124. The summed E-state index contributed by atoms with van der Waals surface area (Å²) in [6, 6.07) is 7.79. The van der Waals surface area contributed by atoms with Gasteiger partial charge < -0.3 is 15.4 Å². The Labute approximate surface area is 126 Å². The number of hydrogen-bond donors (Lipinski definition) is 2. The third kappa shape index (κ3) is 2.77. The summed E-state index contributed by atoms with van der Waals surface area (Å²) < 4.78 is 5.38. The highest BCUT2D eigenvalue weighted by atomic mass is 16.5. The first-order chi connectivity index (χ1) is 10.2. The van der Waals surface area contributed by atoms with Gasteiger partial charge in [0, 0.05) is 5.56 Å². The first-order valence-electron chi connectivity index (χ1n) is 7.87. The van der Waals surface area contributed by atoms with Gasteiger partial charge in [-0.2, -0.15) is 0 Å². The van der Waals surface area contributed by atoms with Crippen molar-refractivity contribution in [3.63, 3.8) is 0 Å². The molecule has 1 saturated heterocycles. The Bertz CT molecular complexity index is 517. The van der Waals surface area contributed by atoms with Crippen molar-refractivity contribution in [1.82, 2.24) is 10.6 Å². The lowest BCUT2D eigenvalue weighted by atomic mass is 9.93. The number of nitrogens with one attached hydrogen (secondary N) is 2. The molecule has 4 heteroatoms. The van der Waals surface area contributed by atoms with Gasteiger partial charge in [0.25, 0.3) is 0 Å². The molecule has 3 unspecified atom stereocenters. The summed E-state index contributed by atoms with van der Waals surface area (Å²) in [5, 5.41) is 6.54. The number of fused-ring (bicyclic) bond motifs is 1. The predicted octanol–water partition coefficient (Wildman–Crippen LogP) is 2.26. The Morgan fingerprint density at radius 1 is 1.38 bits per heavy atom. The maximum atomic E-state index is 12.6. The summed E-state index contributed by atoms with van der Waals surface area (Å²) in [6.07, 6.45) is 3.71.